The lowest BCUT2D eigenvalue weighted by atomic mass is 9.84. The molecule has 1 aliphatic carbocycles. The second-order valence-corrected chi connectivity index (χ2v) is 9.18. The molecule has 3 rings (SSSR count). The number of carbonyl (C=O) groups excluding carboxylic acids is 3. The Kier molecular flexibility index (Phi) is 8.12. The highest BCUT2D eigenvalue weighted by Crippen LogP contribution is 2.30. The third-order valence-electron chi connectivity index (χ3n) is 6.71. The lowest BCUT2D eigenvalue weighted by Crippen LogP contribution is -2.58. The van der Waals surface area contributed by atoms with Gasteiger partial charge in [-0.2, -0.15) is 0 Å². The number of carbonyl (C=O) groups is 3. The van der Waals surface area contributed by atoms with E-state index in [0.29, 0.717) is 25.0 Å². The number of benzene rings is 1. The Labute approximate surface area is 190 Å². The van der Waals surface area contributed by atoms with E-state index in [2.05, 4.69) is 36.4 Å². The SMILES string of the molecule is CC(=O)NC1C[C@H](N(C)C(C)C)CC[C@@H]1N1CCC(NC(=O)OCc2ccccc2)C1=O. The molecule has 2 unspecified atom stereocenters. The predicted octanol–water partition coefficient (Wildman–Crippen LogP) is 2.28. The highest BCUT2D eigenvalue weighted by molar-refractivity contribution is 5.88. The molecule has 8 heteroatoms. The molecule has 1 saturated carbocycles. The molecule has 4 atom stereocenters. The second-order valence-electron chi connectivity index (χ2n) is 9.18. The van der Waals surface area contributed by atoms with Gasteiger partial charge in [0.2, 0.25) is 11.8 Å². The lowest BCUT2D eigenvalue weighted by Gasteiger charge is -2.44. The van der Waals surface area contributed by atoms with E-state index >= 15 is 0 Å². The zero-order valence-electron chi connectivity index (χ0n) is 19.5. The fourth-order valence-electron chi connectivity index (χ4n) is 4.79. The Morgan fingerprint density at radius 3 is 2.53 bits per heavy atom. The number of hydrogen-bond donors (Lipinski definition) is 2. The van der Waals surface area contributed by atoms with E-state index in [0.717, 1.165) is 24.8 Å². The highest BCUT2D eigenvalue weighted by atomic mass is 16.5. The summed E-state index contributed by atoms with van der Waals surface area (Å²) < 4.78 is 5.27. The molecule has 176 valence electrons. The molecule has 2 aliphatic rings. The number of amides is 3. The molecule has 1 heterocycles. The molecule has 2 N–H and O–H groups in total. The van der Waals surface area contributed by atoms with Gasteiger partial charge in [0.05, 0.1) is 12.1 Å². The van der Waals surface area contributed by atoms with Crippen LogP contribution < -0.4 is 10.6 Å². The molecule has 0 radical (unpaired) electrons. The topological polar surface area (TPSA) is 91.0 Å². The van der Waals surface area contributed by atoms with Crippen LogP contribution in [0.2, 0.25) is 0 Å². The predicted molar refractivity (Wildman–Crippen MR) is 122 cm³/mol. The standard InChI is InChI=1S/C24H36N4O4/c1-16(2)27(4)19-10-11-22(21(14-19)25-17(3)29)28-13-12-20(23(28)30)26-24(31)32-15-18-8-6-5-7-9-18/h5-9,16,19-22H,10-15H2,1-4H3,(H,25,29)(H,26,31)/t19-,20?,21?,22+/m1/s1. The first-order chi connectivity index (χ1) is 15.3. The quantitative estimate of drug-likeness (QED) is 0.673. The minimum absolute atomic E-state index is 0.0599. The van der Waals surface area contributed by atoms with Gasteiger partial charge < -0.3 is 25.2 Å². The number of hydrogen-bond acceptors (Lipinski definition) is 5. The molecule has 3 amide bonds. The molecule has 1 saturated heterocycles. The van der Waals surface area contributed by atoms with Gasteiger partial charge in [0.15, 0.2) is 0 Å². The van der Waals surface area contributed by atoms with Crippen LogP contribution in [-0.4, -0.2) is 71.5 Å². The Hall–Kier alpha value is -2.61. The van der Waals surface area contributed by atoms with Gasteiger partial charge in [-0.1, -0.05) is 30.3 Å². The van der Waals surface area contributed by atoms with E-state index < -0.39 is 12.1 Å². The summed E-state index contributed by atoms with van der Waals surface area (Å²) in [6.45, 7) is 6.57. The maximum absolute atomic E-state index is 13.1. The molecule has 0 spiro atoms. The number of likely N-dealkylation sites (tertiary alicyclic amines) is 1. The summed E-state index contributed by atoms with van der Waals surface area (Å²) in [6, 6.07) is 9.46. The van der Waals surface area contributed by atoms with E-state index in [1.807, 2.05) is 35.2 Å². The van der Waals surface area contributed by atoms with Crippen LogP contribution in [0.15, 0.2) is 30.3 Å². The summed E-state index contributed by atoms with van der Waals surface area (Å²) in [5.74, 6) is -0.184. The van der Waals surface area contributed by atoms with Crippen molar-refractivity contribution in [3.05, 3.63) is 35.9 Å². The van der Waals surface area contributed by atoms with Crippen molar-refractivity contribution in [1.29, 1.82) is 0 Å². The summed E-state index contributed by atoms with van der Waals surface area (Å²) in [7, 11) is 2.11. The zero-order chi connectivity index (χ0) is 23.3. The fourth-order valence-corrected chi connectivity index (χ4v) is 4.79. The molecule has 2 fully saturated rings. The maximum atomic E-state index is 13.1. The molecular weight excluding hydrogens is 408 g/mol. The fraction of sp³-hybridized carbons (Fsp3) is 0.625. The van der Waals surface area contributed by atoms with Crippen LogP contribution in [0.4, 0.5) is 4.79 Å². The first-order valence-corrected chi connectivity index (χ1v) is 11.5. The van der Waals surface area contributed by atoms with Gasteiger partial charge in [0.25, 0.3) is 0 Å². The van der Waals surface area contributed by atoms with Crippen molar-refractivity contribution in [3.63, 3.8) is 0 Å². The number of rotatable bonds is 7. The average molecular weight is 445 g/mol. The molecule has 1 aromatic rings. The van der Waals surface area contributed by atoms with Crippen LogP contribution in [-0.2, 0) is 20.9 Å². The Bertz CT molecular complexity index is 800. The van der Waals surface area contributed by atoms with Crippen LogP contribution in [0, 0.1) is 0 Å². The van der Waals surface area contributed by atoms with Crippen molar-refractivity contribution in [2.24, 2.45) is 0 Å². The summed E-state index contributed by atoms with van der Waals surface area (Å²) in [5.41, 5.74) is 0.892. The van der Waals surface area contributed by atoms with Gasteiger partial charge in [-0.3, -0.25) is 9.59 Å². The van der Waals surface area contributed by atoms with Gasteiger partial charge in [0, 0.05) is 25.6 Å². The first kappa shape index (κ1) is 24.0. The van der Waals surface area contributed by atoms with Crippen molar-refractivity contribution in [3.8, 4) is 0 Å². The largest absolute Gasteiger partial charge is 0.445 e. The molecule has 0 bridgehead atoms. The zero-order valence-corrected chi connectivity index (χ0v) is 19.5. The Morgan fingerprint density at radius 2 is 1.88 bits per heavy atom. The van der Waals surface area contributed by atoms with E-state index in [1.54, 1.807) is 0 Å². The smallest absolute Gasteiger partial charge is 0.408 e. The van der Waals surface area contributed by atoms with E-state index in [-0.39, 0.29) is 30.5 Å². The number of alkyl carbamates (subject to hydrolysis) is 1. The normalized spacial score (nSPS) is 25.8. The summed E-state index contributed by atoms with van der Waals surface area (Å²) >= 11 is 0. The Morgan fingerprint density at radius 1 is 1.16 bits per heavy atom. The number of ether oxygens (including phenoxy) is 1. The molecule has 1 aromatic carbocycles. The minimum atomic E-state index is -0.590. The van der Waals surface area contributed by atoms with Crippen LogP contribution >= 0.6 is 0 Å². The van der Waals surface area contributed by atoms with E-state index in [4.69, 9.17) is 4.74 Å². The van der Waals surface area contributed by atoms with Crippen molar-refractivity contribution in [2.75, 3.05) is 13.6 Å². The van der Waals surface area contributed by atoms with Crippen molar-refractivity contribution < 1.29 is 19.1 Å². The molecular formula is C24H36N4O4. The number of nitrogens with one attached hydrogen (secondary N) is 2. The Balaban J connectivity index is 1.58. The minimum Gasteiger partial charge on any atom is -0.445 e. The van der Waals surface area contributed by atoms with E-state index in [1.165, 1.54) is 6.92 Å². The van der Waals surface area contributed by atoms with Crippen molar-refractivity contribution in [2.45, 2.75) is 83.3 Å². The van der Waals surface area contributed by atoms with Gasteiger partial charge in [-0.25, -0.2) is 4.79 Å². The monoisotopic (exact) mass is 444 g/mol. The molecule has 0 aromatic heterocycles. The van der Waals surface area contributed by atoms with Crippen LogP contribution in [0.3, 0.4) is 0 Å². The summed E-state index contributed by atoms with van der Waals surface area (Å²) in [5, 5.41) is 5.79. The van der Waals surface area contributed by atoms with Gasteiger partial charge in [0.1, 0.15) is 12.6 Å². The molecule has 8 nitrogen and oxygen atoms in total. The second kappa shape index (κ2) is 10.8. The maximum Gasteiger partial charge on any atom is 0.408 e. The highest BCUT2D eigenvalue weighted by Gasteiger charge is 2.43. The van der Waals surface area contributed by atoms with Gasteiger partial charge in [-0.15, -0.1) is 0 Å². The van der Waals surface area contributed by atoms with Crippen molar-refractivity contribution in [1.82, 2.24) is 20.4 Å². The van der Waals surface area contributed by atoms with Gasteiger partial charge >= 0.3 is 6.09 Å². The van der Waals surface area contributed by atoms with Crippen LogP contribution in [0.1, 0.15) is 52.0 Å². The average Bonchev–Trinajstić information content (AvgIpc) is 3.11. The van der Waals surface area contributed by atoms with E-state index in [9.17, 15) is 14.4 Å². The third kappa shape index (κ3) is 6.00. The van der Waals surface area contributed by atoms with Crippen LogP contribution in [0.25, 0.3) is 0 Å². The molecule has 1 aliphatic heterocycles. The molecule has 32 heavy (non-hydrogen) atoms. The lowest BCUT2D eigenvalue weighted by molar-refractivity contribution is -0.134. The van der Waals surface area contributed by atoms with Crippen LogP contribution in [0.5, 0.6) is 0 Å². The number of nitrogens with zero attached hydrogens (tertiary/aromatic N) is 2. The van der Waals surface area contributed by atoms with Gasteiger partial charge in [-0.05, 0) is 52.1 Å². The summed E-state index contributed by atoms with van der Waals surface area (Å²) in [6.07, 6.45) is 2.55. The van der Waals surface area contributed by atoms with Crippen molar-refractivity contribution >= 4 is 17.9 Å². The summed E-state index contributed by atoms with van der Waals surface area (Å²) in [4.78, 5) is 41.4. The first-order valence-electron chi connectivity index (χ1n) is 11.5. The third-order valence-corrected chi connectivity index (χ3v) is 6.71.